The number of piperidine rings is 1. The zero-order valence-corrected chi connectivity index (χ0v) is 14.5. The van der Waals surface area contributed by atoms with E-state index in [-0.39, 0.29) is 5.92 Å². The third-order valence-corrected chi connectivity index (χ3v) is 5.60. The maximum atomic E-state index is 12.5. The number of Topliss-reactive ketones (excluding diaryl/α,β-unsaturated/α-hetero) is 1. The van der Waals surface area contributed by atoms with Gasteiger partial charge >= 0.3 is 0 Å². The molecule has 2 heterocycles. The summed E-state index contributed by atoms with van der Waals surface area (Å²) in [5, 5.41) is 0. The van der Waals surface area contributed by atoms with Gasteiger partial charge in [0.05, 0.1) is 11.2 Å². The molecule has 0 radical (unpaired) electrons. The molecule has 1 aromatic carbocycles. The number of hydrogen-bond acceptors (Lipinski definition) is 4. The zero-order chi connectivity index (χ0) is 16.1. The molecule has 122 valence electrons. The Morgan fingerprint density at radius 2 is 2.17 bits per heavy atom. The molecular formula is C19H24N2OS. The van der Waals surface area contributed by atoms with E-state index in [1.807, 2.05) is 23.7 Å². The third-order valence-electron chi connectivity index (χ3n) is 4.68. The van der Waals surface area contributed by atoms with E-state index >= 15 is 0 Å². The summed E-state index contributed by atoms with van der Waals surface area (Å²) in [5.41, 5.74) is 4.30. The van der Waals surface area contributed by atoms with E-state index in [4.69, 9.17) is 0 Å². The molecule has 0 N–H and O–H groups in total. The maximum Gasteiger partial charge on any atom is 0.137 e. The van der Waals surface area contributed by atoms with E-state index in [2.05, 4.69) is 28.9 Å². The Morgan fingerprint density at radius 3 is 2.91 bits per heavy atom. The Morgan fingerprint density at radius 1 is 1.35 bits per heavy atom. The summed E-state index contributed by atoms with van der Waals surface area (Å²) in [5.74, 6) is 0.639. The Kier molecular flexibility index (Phi) is 5.57. The van der Waals surface area contributed by atoms with Gasteiger partial charge in [0.15, 0.2) is 0 Å². The van der Waals surface area contributed by atoms with Crippen molar-refractivity contribution in [2.75, 3.05) is 13.1 Å². The van der Waals surface area contributed by atoms with Crippen molar-refractivity contribution in [1.29, 1.82) is 0 Å². The molecule has 4 heteroatoms. The van der Waals surface area contributed by atoms with Gasteiger partial charge in [0.2, 0.25) is 0 Å². The first-order chi connectivity index (χ1) is 11.2. The Labute approximate surface area is 142 Å². The van der Waals surface area contributed by atoms with Crippen LogP contribution in [-0.4, -0.2) is 28.8 Å². The van der Waals surface area contributed by atoms with Crippen molar-refractivity contribution >= 4 is 17.1 Å². The topological polar surface area (TPSA) is 33.2 Å². The number of aromatic nitrogens is 1. The van der Waals surface area contributed by atoms with Crippen molar-refractivity contribution in [3.63, 3.8) is 0 Å². The molecule has 1 aromatic heterocycles. The van der Waals surface area contributed by atoms with Crippen LogP contribution in [0.15, 0.2) is 35.8 Å². The fourth-order valence-corrected chi connectivity index (χ4v) is 4.08. The molecule has 23 heavy (non-hydrogen) atoms. The fraction of sp³-hybridized carbons (Fsp3) is 0.474. The maximum absolute atomic E-state index is 12.5. The van der Waals surface area contributed by atoms with Crippen molar-refractivity contribution in [1.82, 2.24) is 9.88 Å². The average molecular weight is 328 g/mol. The molecule has 0 aliphatic carbocycles. The van der Waals surface area contributed by atoms with Crippen molar-refractivity contribution in [3.05, 3.63) is 52.0 Å². The van der Waals surface area contributed by atoms with Gasteiger partial charge < -0.3 is 0 Å². The second-order valence-electron chi connectivity index (χ2n) is 6.39. The van der Waals surface area contributed by atoms with E-state index in [9.17, 15) is 4.79 Å². The lowest BCUT2D eigenvalue weighted by atomic mass is 9.90. The lowest BCUT2D eigenvalue weighted by Crippen LogP contribution is -2.38. The highest BCUT2D eigenvalue weighted by molar-refractivity contribution is 7.09. The SMILES string of the molecule is Cc1ncsc1CN1CCC[C@H](C(=O)CCc2ccccc2)C1. The van der Waals surface area contributed by atoms with E-state index in [1.54, 1.807) is 11.3 Å². The molecule has 0 bridgehead atoms. The number of hydrogen-bond donors (Lipinski definition) is 0. The molecular weight excluding hydrogens is 304 g/mol. The van der Waals surface area contributed by atoms with Crippen LogP contribution < -0.4 is 0 Å². The molecule has 1 fully saturated rings. The molecule has 0 saturated carbocycles. The summed E-state index contributed by atoms with van der Waals surface area (Å²) >= 11 is 1.72. The molecule has 3 nitrogen and oxygen atoms in total. The van der Waals surface area contributed by atoms with Crippen molar-refractivity contribution in [2.45, 2.75) is 39.2 Å². The number of benzene rings is 1. The predicted octanol–water partition coefficient (Wildman–Crippen LogP) is 3.87. The van der Waals surface area contributed by atoms with Crippen LogP contribution in [0.1, 0.15) is 35.4 Å². The normalized spacial score (nSPS) is 18.9. The first-order valence-corrected chi connectivity index (χ1v) is 9.28. The number of thiazole rings is 1. The lowest BCUT2D eigenvalue weighted by Gasteiger charge is -2.31. The van der Waals surface area contributed by atoms with E-state index in [0.717, 1.165) is 44.6 Å². The third kappa shape index (κ3) is 4.49. The standard InChI is InChI=1S/C19H24N2OS/c1-15-19(23-14-20-15)13-21-11-5-8-17(12-21)18(22)10-9-16-6-3-2-4-7-16/h2-4,6-7,14,17H,5,8-13H2,1H3/t17-/m0/s1. The van der Waals surface area contributed by atoms with Crippen molar-refractivity contribution < 1.29 is 4.79 Å². The summed E-state index contributed by atoms with van der Waals surface area (Å²) in [6, 6.07) is 10.3. The summed E-state index contributed by atoms with van der Waals surface area (Å²) in [7, 11) is 0. The highest BCUT2D eigenvalue weighted by Gasteiger charge is 2.25. The highest BCUT2D eigenvalue weighted by atomic mass is 32.1. The van der Waals surface area contributed by atoms with Crippen LogP contribution in [0.2, 0.25) is 0 Å². The smallest absolute Gasteiger partial charge is 0.137 e. The van der Waals surface area contributed by atoms with Gasteiger partial charge in [0.25, 0.3) is 0 Å². The zero-order valence-electron chi connectivity index (χ0n) is 13.7. The molecule has 1 aliphatic heterocycles. The van der Waals surface area contributed by atoms with E-state index < -0.39 is 0 Å². The van der Waals surface area contributed by atoms with Crippen LogP contribution in [0.5, 0.6) is 0 Å². The summed E-state index contributed by atoms with van der Waals surface area (Å²) < 4.78 is 0. The van der Waals surface area contributed by atoms with Gasteiger partial charge in [0.1, 0.15) is 5.78 Å². The van der Waals surface area contributed by atoms with Crippen LogP contribution in [0.4, 0.5) is 0 Å². The number of likely N-dealkylation sites (tertiary alicyclic amines) is 1. The predicted molar refractivity (Wildman–Crippen MR) is 94.6 cm³/mol. The minimum atomic E-state index is 0.209. The monoisotopic (exact) mass is 328 g/mol. The molecule has 1 atom stereocenters. The van der Waals surface area contributed by atoms with E-state index in [1.165, 1.54) is 10.4 Å². The molecule has 0 amide bonds. The molecule has 0 unspecified atom stereocenters. The lowest BCUT2D eigenvalue weighted by molar-refractivity contribution is -0.124. The number of carbonyl (C=O) groups is 1. The van der Waals surface area contributed by atoms with Gasteiger partial charge in [-0.05, 0) is 38.3 Å². The van der Waals surface area contributed by atoms with Crippen LogP contribution in [0.25, 0.3) is 0 Å². The molecule has 0 spiro atoms. The van der Waals surface area contributed by atoms with Crippen LogP contribution in [-0.2, 0) is 17.8 Å². The summed E-state index contributed by atoms with van der Waals surface area (Å²) in [6.07, 6.45) is 3.71. The first kappa shape index (κ1) is 16.3. The minimum absolute atomic E-state index is 0.209. The van der Waals surface area contributed by atoms with Gasteiger partial charge in [-0.25, -0.2) is 4.98 Å². The van der Waals surface area contributed by atoms with Gasteiger partial charge in [-0.3, -0.25) is 9.69 Å². The quantitative estimate of drug-likeness (QED) is 0.807. The van der Waals surface area contributed by atoms with Gasteiger partial charge in [0, 0.05) is 30.3 Å². The molecule has 3 rings (SSSR count). The van der Waals surface area contributed by atoms with Crippen LogP contribution in [0.3, 0.4) is 0 Å². The fourth-order valence-electron chi connectivity index (χ4n) is 3.26. The second kappa shape index (κ2) is 7.84. The van der Waals surface area contributed by atoms with E-state index in [0.29, 0.717) is 12.2 Å². The largest absolute Gasteiger partial charge is 0.299 e. The number of nitrogens with zero attached hydrogens (tertiary/aromatic N) is 2. The summed E-state index contributed by atoms with van der Waals surface area (Å²) in [4.78, 5) is 20.6. The van der Waals surface area contributed by atoms with Gasteiger partial charge in [-0.2, -0.15) is 0 Å². The van der Waals surface area contributed by atoms with Gasteiger partial charge in [-0.1, -0.05) is 30.3 Å². The van der Waals surface area contributed by atoms with Crippen molar-refractivity contribution in [2.24, 2.45) is 5.92 Å². The summed E-state index contributed by atoms with van der Waals surface area (Å²) in [6.45, 7) is 5.02. The number of carbonyl (C=O) groups excluding carboxylic acids is 1. The number of rotatable bonds is 6. The molecule has 1 saturated heterocycles. The van der Waals surface area contributed by atoms with Crippen LogP contribution >= 0.6 is 11.3 Å². The second-order valence-corrected chi connectivity index (χ2v) is 7.33. The average Bonchev–Trinajstić information content (AvgIpc) is 2.99. The minimum Gasteiger partial charge on any atom is -0.299 e. The number of ketones is 1. The Hall–Kier alpha value is -1.52. The van der Waals surface area contributed by atoms with Gasteiger partial charge in [-0.15, -0.1) is 11.3 Å². The van der Waals surface area contributed by atoms with Crippen molar-refractivity contribution in [3.8, 4) is 0 Å². The Bertz CT molecular complexity index is 638. The number of aryl methyl sites for hydroxylation is 2. The van der Waals surface area contributed by atoms with Crippen LogP contribution in [0, 0.1) is 12.8 Å². The molecule has 2 aromatic rings. The highest BCUT2D eigenvalue weighted by Crippen LogP contribution is 2.23. The Balaban J connectivity index is 1.51. The first-order valence-electron chi connectivity index (χ1n) is 8.40. The molecule has 1 aliphatic rings.